The average Bonchev–Trinajstić information content (AvgIpc) is 2.59. The van der Waals surface area contributed by atoms with Gasteiger partial charge in [-0.2, -0.15) is 0 Å². The number of hydrogen-bond donors (Lipinski definition) is 0. The minimum atomic E-state index is -0.561. The molecule has 2 aromatic rings. The van der Waals surface area contributed by atoms with Crippen LogP contribution in [0.1, 0.15) is 30.9 Å². The van der Waals surface area contributed by atoms with Crippen molar-refractivity contribution in [1.82, 2.24) is 4.90 Å². The summed E-state index contributed by atoms with van der Waals surface area (Å²) in [5.74, 6) is -0.891. The number of ketones is 1. The van der Waals surface area contributed by atoms with Crippen LogP contribution in [0, 0.1) is 11.6 Å². The maximum atomic E-state index is 13.8. The Kier molecular flexibility index (Phi) is 4.76. The van der Waals surface area contributed by atoms with Gasteiger partial charge in [-0.25, -0.2) is 8.78 Å². The summed E-state index contributed by atoms with van der Waals surface area (Å²) in [4.78, 5) is 14.5. The van der Waals surface area contributed by atoms with Crippen LogP contribution in [0.5, 0.6) is 0 Å². The molecule has 1 fully saturated rings. The first kappa shape index (κ1) is 16.8. The highest BCUT2D eigenvalue weighted by Crippen LogP contribution is 2.36. The van der Waals surface area contributed by atoms with E-state index in [2.05, 4.69) is 4.90 Å². The highest BCUT2D eigenvalue weighted by atomic mass is 19.1. The maximum absolute atomic E-state index is 13.8. The highest BCUT2D eigenvalue weighted by molar-refractivity contribution is 5.88. The maximum Gasteiger partial charge on any atom is 0.140 e. The van der Waals surface area contributed by atoms with E-state index in [-0.39, 0.29) is 5.78 Å². The third-order valence-corrected chi connectivity index (χ3v) is 5.12. The van der Waals surface area contributed by atoms with Crippen LogP contribution in [0.4, 0.5) is 8.78 Å². The molecule has 0 spiro atoms. The third kappa shape index (κ3) is 3.24. The molecule has 2 aromatic carbocycles. The van der Waals surface area contributed by atoms with Gasteiger partial charge in [0.05, 0.1) is 5.41 Å². The first-order valence-corrected chi connectivity index (χ1v) is 8.24. The molecule has 1 aliphatic heterocycles. The quantitative estimate of drug-likeness (QED) is 0.842. The van der Waals surface area contributed by atoms with E-state index in [0.717, 1.165) is 24.5 Å². The number of likely N-dealkylation sites (tertiary alicyclic amines) is 1. The second kappa shape index (κ2) is 6.81. The number of rotatable bonds is 4. The van der Waals surface area contributed by atoms with Crippen LogP contribution in [0.2, 0.25) is 0 Å². The van der Waals surface area contributed by atoms with Gasteiger partial charge in [-0.1, -0.05) is 36.4 Å². The van der Waals surface area contributed by atoms with Crippen molar-refractivity contribution in [3.05, 3.63) is 71.3 Å². The van der Waals surface area contributed by atoms with Crippen molar-refractivity contribution >= 4 is 5.78 Å². The molecule has 0 N–H and O–H groups in total. The summed E-state index contributed by atoms with van der Waals surface area (Å²) in [6.45, 7) is 3.52. The fourth-order valence-electron chi connectivity index (χ4n) is 3.58. The summed E-state index contributed by atoms with van der Waals surface area (Å²) in [7, 11) is 0. The molecule has 0 amide bonds. The molecular formula is C20H21F2NO. The van der Waals surface area contributed by atoms with Crippen LogP contribution >= 0.6 is 0 Å². The smallest absolute Gasteiger partial charge is 0.140 e. The van der Waals surface area contributed by atoms with Crippen molar-refractivity contribution in [3.8, 4) is 0 Å². The van der Waals surface area contributed by atoms with E-state index in [0.29, 0.717) is 25.2 Å². The Morgan fingerprint density at radius 1 is 1.08 bits per heavy atom. The van der Waals surface area contributed by atoms with E-state index < -0.39 is 17.0 Å². The predicted molar refractivity (Wildman–Crippen MR) is 89.7 cm³/mol. The van der Waals surface area contributed by atoms with Gasteiger partial charge in [-0.15, -0.1) is 0 Å². The number of nitrogens with zero attached hydrogens (tertiary/aromatic N) is 1. The lowest BCUT2D eigenvalue weighted by Crippen LogP contribution is -2.46. The summed E-state index contributed by atoms with van der Waals surface area (Å²) in [6, 6.07) is 13.6. The summed E-state index contributed by atoms with van der Waals surface area (Å²) in [5.41, 5.74) is 1.11. The zero-order valence-electron chi connectivity index (χ0n) is 13.8. The van der Waals surface area contributed by atoms with Gasteiger partial charge in [-0.3, -0.25) is 9.69 Å². The van der Waals surface area contributed by atoms with Crippen molar-refractivity contribution in [2.45, 2.75) is 31.7 Å². The van der Waals surface area contributed by atoms with Crippen molar-refractivity contribution in [2.24, 2.45) is 0 Å². The molecule has 24 heavy (non-hydrogen) atoms. The fraction of sp³-hybridized carbons (Fsp3) is 0.350. The molecule has 126 valence electrons. The molecule has 1 heterocycles. The molecule has 0 aromatic heterocycles. The Balaban J connectivity index is 1.73. The van der Waals surface area contributed by atoms with Crippen molar-refractivity contribution in [2.75, 3.05) is 13.1 Å². The predicted octanol–water partition coefficient (Wildman–Crippen LogP) is 4.09. The van der Waals surface area contributed by atoms with Crippen LogP contribution < -0.4 is 0 Å². The lowest BCUT2D eigenvalue weighted by atomic mass is 9.70. The minimum Gasteiger partial charge on any atom is -0.299 e. The summed E-state index contributed by atoms with van der Waals surface area (Å²) < 4.78 is 26.8. The monoisotopic (exact) mass is 329 g/mol. The van der Waals surface area contributed by atoms with Crippen LogP contribution in [0.15, 0.2) is 48.5 Å². The van der Waals surface area contributed by atoms with E-state index in [1.54, 1.807) is 6.92 Å². The van der Waals surface area contributed by atoms with Crippen molar-refractivity contribution in [1.29, 1.82) is 0 Å². The van der Waals surface area contributed by atoms with Gasteiger partial charge in [0, 0.05) is 18.2 Å². The second-order valence-electron chi connectivity index (χ2n) is 6.52. The molecule has 0 aliphatic carbocycles. The van der Waals surface area contributed by atoms with Gasteiger partial charge in [0.15, 0.2) is 0 Å². The van der Waals surface area contributed by atoms with Crippen LogP contribution in [0.25, 0.3) is 0 Å². The van der Waals surface area contributed by atoms with E-state index >= 15 is 0 Å². The Hall–Kier alpha value is -2.07. The largest absolute Gasteiger partial charge is 0.299 e. The van der Waals surface area contributed by atoms with E-state index in [1.165, 1.54) is 12.1 Å². The number of halogens is 2. The molecule has 0 unspecified atom stereocenters. The van der Waals surface area contributed by atoms with Crippen molar-refractivity contribution < 1.29 is 13.6 Å². The Bertz CT molecular complexity index is 722. The van der Waals surface area contributed by atoms with Crippen LogP contribution in [-0.4, -0.2) is 23.8 Å². The van der Waals surface area contributed by atoms with Gasteiger partial charge in [-0.05, 0) is 44.5 Å². The molecule has 3 rings (SSSR count). The lowest BCUT2D eigenvalue weighted by Gasteiger charge is -2.40. The van der Waals surface area contributed by atoms with Crippen LogP contribution in [-0.2, 0) is 16.8 Å². The van der Waals surface area contributed by atoms with E-state index in [4.69, 9.17) is 0 Å². The molecular weight excluding hydrogens is 308 g/mol. The average molecular weight is 329 g/mol. The van der Waals surface area contributed by atoms with Gasteiger partial charge >= 0.3 is 0 Å². The van der Waals surface area contributed by atoms with E-state index in [9.17, 15) is 13.6 Å². The summed E-state index contributed by atoms with van der Waals surface area (Å²) in [5, 5.41) is 0. The van der Waals surface area contributed by atoms with Gasteiger partial charge < -0.3 is 0 Å². The molecule has 1 aliphatic rings. The number of benzene rings is 2. The molecule has 0 atom stereocenters. The lowest BCUT2D eigenvalue weighted by molar-refractivity contribution is -0.124. The normalized spacial score (nSPS) is 17.6. The summed E-state index contributed by atoms with van der Waals surface area (Å²) >= 11 is 0. The Morgan fingerprint density at radius 2 is 1.75 bits per heavy atom. The van der Waals surface area contributed by atoms with Gasteiger partial charge in [0.25, 0.3) is 0 Å². The molecule has 1 saturated heterocycles. The molecule has 4 heteroatoms. The second-order valence-corrected chi connectivity index (χ2v) is 6.52. The first-order valence-electron chi connectivity index (χ1n) is 8.24. The molecule has 0 saturated carbocycles. The molecule has 2 nitrogen and oxygen atoms in total. The van der Waals surface area contributed by atoms with Gasteiger partial charge in [0.2, 0.25) is 0 Å². The molecule has 0 radical (unpaired) electrons. The van der Waals surface area contributed by atoms with Crippen molar-refractivity contribution in [3.63, 3.8) is 0 Å². The topological polar surface area (TPSA) is 20.3 Å². The minimum absolute atomic E-state index is 0.182. The number of carbonyl (C=O) groups excluding carboxylic acids is 1. The molecule has 0 bridgehead atoms. The zero-order valence-corrected chi connectivity index (χ0v) is 13.8. The first-order chi connectivity index (χ1) is 11.5. The van der Waals surface area contributed by atoms with Gasteiger partial charge in [0.1, 0.15) is 17.4 Å². The standard InChI is InChI=1S/C20H21F2NO/c1-15(24)20(17-5-3-2-4-6-17)9-11-23(12-10-20)14-16-7-8-18(21)13-19(16)22/h2-8,13H,9-12,14H2,1H3. The number of hydrogen-bond acceptors (Lipinski definition) is 2. The van der Waals surface area contributed by atoms with E-state index in [1.807, 2.05) is 30.3 Å². The number of Topliss-reactive ketones (excluding diaryl/α,β-unsaturated/α-hetero) is 1. The Labute approximate surface area is 141 Å². The summed E-state index contributed by atoms with van der Waals surface area (Å²) in [6.07, 6.45) is 1.43. The van der Waals surface area contributed by atoms with Crippen LogP contribution in [0.3, 0.4) is 0 Å². The number of piperidine rings is 1. The number of carbonyl (C=O) groups is 1. The fourth-order valence-corrected chi connectivity index (χ4v) is 3.58. The SMILES string of the molecule is CC(=O)C1(c2ccccc2)CCN(Cc2ccc(F)cc2F)CC1. The highest BCUT2D eigenvalue weighted by Gasteiger charge is 2.40. The zero-order chi connectivity index (χ0) is 17.2. The Morgan fingerprint density at radius 3 is 2.33 bits per heavy atom. The third-order valence-electron chi connectivity index (χ3n) is 5.12.